The number of carbonyl (C=O) groups is 1. The Balaban J connectivity index is 2.01. The first-order valence-corrected chi connectivity index (χ1v) is 8.76. The fraction of sp³-hybridized carbons (Fsp3) is 0.533. The van der Waals surface area contributed by atoms with Crippen LogP contribution in [0.1, 0.15) is 30.9 Å². The molecule has 122 valence electrons. The molecule has 1 unspecified atom stereocenters. The minimum Gasteiger partial charge on any atom is -0.341 e. The molecule has 1 atom stereocenters. The number of hydrogen-bond acceptors (Lipinski definition) is 3. The maximum Gasteiger partial charge on any atom is 0.224 e. The molecular weight excluding hydrogens is 307 g/mol. The molecule has 0 bridgehead atoms. The van der Waals surface area contributed by atoms with Gasteiger partial charge in [0.05, 0.1) is 5.75 Å². The van der Waals surface area contributed by atoms with Crippen molar-refractivity contribution in [3.05, 3.63) is 35.1 Å². The zero-order chi connectivity index (χ0) is 16.5. The Morgan fingerprint density at radius 3 is 2.68 bits per heavy atom. The molecule has 22 heavy (non-hydrogen) atoms. The van der Waals surface area contributed by atoms with E-state index in [1.54, 1.807) is 27.0 Å². The predicted octanol–water partition coefficient (Wildman–Crippen LogP) is 1.56. The van der Waals surface area contributed by atoms with Crippen molar-refractivity contribution in [2.24, 2.45) is 0 Å². The third-order valence-corrected chi connectivity index (χ3v) is 5.55. The van der Waals surface area contributed by atoms with Gasteiger partial charge in [0.15, 0.2) is 0 Å². The molecule has 2 rings (SSSR count). The van der Waals surface area contributed by atoms with Gasteiger partial charge < -0.3 is 4.90 Å². The second-order valence-corrected chi connectivity index (χ2v) is 8.07. The number of rotatable bonds is 4. The summed E-state index contributed by atoms with van der Waals surface area (Å²) >= 11 is 0. The van der Waals surface area contributed by atoms with E-state index >= 15 is 0 Å². The van der Waals surface area contributed by atoms with E-state index in [4.69, 9.17) is 0 Å². The molecule has 1 aliphatic heterocycles. The van der Waals surface area contributed by atoms with Crippen molar-refractivity contribution in [1.82, 2.24) is 9.62 Å². The number of hydrogen-bond donors (Lipinski definition) is 1. The summed E-state index contributed by atoms with van der Waals surface area (Å²) < 4.78 is 38.6. The summed E-state index contributed by atoms with van der Waals surface area (Å²) in [6.45, 7) is 3.91. The van der Waals surface area contributed by atoms with Crippen LogP contribution in [0.2, 0.25) is 0 Å². The van der Waals surface area contributed by atoms with Crippen molar-refractivity contribution in [1.29, 1.82) is 0 Å². The highest BCUT2D eigenvalue weighted by atomic mass is 32.2. The number of sulfonamides is 1. The number of benzene rings is 1. The first kappa shape index (κ1) is 16.9. The highest BCUT2D eigenvalue weighted by Gasteiger charge is 2.39. The summed E-state index contributed by atoms with van der Waals surface area (Å²) in [7, 11) is -1.59. The van der Waals surface area contributed by atoms with E-state index < -0.39 is 15.6 Å². The summed E-state index contributed by atoms with van der Waals surface area (Å²) in [6, 6.07) is 4.46. The molecule has 1 fully saturated rings. The highest BCUT2D eigenvalue weighted by Crippen LogP contribution is 2.24. The SMILES string of the molecule is Cc1cc(F)ccc1CN(C)C(=O)CC1(C)CCS(=O)(=O)N1. The molecule has 1 aromatic rings. The fourth-order valence-electron chi connectivity index (χ4n) is 2.61. The molecule has 0 aliphatic carbocycles. The van der Waals surface area contributed by atoms with E-state index in [-0.39, 0.29) is 23.9 Å². The molecule has 7 heteroatoms. The number of halogens is 1. The Kier molecular flexibility index (Phi) is 4.58. The molecule has 1 N–H and O–H groups in total. The van der Waals surface area contributed by atoms with Crippen LogP contribution >= 0.6 is 0 Å². The minimum atomic E-state index is -3.26. The maximum atomic E-state index is 13.1. The molecule has 1 heterocycles. The maximum absolute atomic E-state index is 13.1. The van der Waals surface area contributed by atoms with Crippen LogP contribution in [0.4, 0.5) is 4.39 Å². The van der Waals surface area contributed by atoms with Crippen molar-refractivity contribution in [3.8, 4) is 0 Å². The average Bonchev–Trinajstić information content (AvgIpc) is 2.66. The second-order valence-electron chi connectivity index (χ2n) is 6.23. The van der Waals surface area contributed by atoms with Gasteiger partial charge >= 0.3 is 0 Å². The number of nitrogens with zero attached hydrogens (tertiary/aromatic N) is 1. The predicted molar refractivity (Wildman–Crippen MR) is 82.2 cm³/mol. The largest absolute Gasteiger partial charge is 0.341 e. The van der Waals surface area contributed by atoms with E-state index in [2.05, 4.69) is 4.72 Å². The first-order chi connectivity index (χ1) is 10.1. The second kappa shape index (κ2) is 5.96. The molecule has 1 aliphatic rings. The molecular formula is C15H21FN2O3S. The standard InChI is InChI=1S/C15H21FN2O3S/c1-11-8-13(16)5-4-12(11)10-18(3)14(19)9-15(2)6-7-22(20,21)17-15/h4-5,8,17H,6-7,9-10H2,1-3H3. The topological polar surface area (TPSA) is 66.5 Å². The lowest BCUT2D eigenvalue weighted by molar-refractivity contribution is -0.131. The van der Waals surface area contributed by atoms with E-state index in [1.165, 1.54) is 17.0 Å². The Labute approximate surface area is 130 Å². The summed E-state index contributed by atoms with van der Waals surface area (Å²) in [5.41, 5.74) is 0.934. The molecule has 0 saturated carbocycles. The van der Waals surface area contributed by atoms with Crippen molar-refractivity contribution in [3.63, 3.8) is 0 Å². The van der Waals surface area contributed by atoms with Gasteiger partial charge in [0, 0.05) is 25.6 Å². The third kappa shape index (κ3) is 4.04. The number of amides is 1. The highest BCUT2D eigenvalue weighted by molar-refractivity contribution is 7.89. The quantitative estimate of drug-likeness (QED) is 0.912. The molecule has 1 aromatic carbocycles. The Morgan fingerprint density at radius 1 is 1.45 bits per heavy atom. The molecule has 0 spiro atoms. The number of aryl methyl sites for hydroxylation is 1. The van der Waals surface area contributed by atoms with E-state index in [0.717, 1.165) is 11.1 Å². The summed E-state index contributed by atoms with van der Waals surface area (Å²) in [4.78, 5) is 13.9. The van der Waals surface area contributed by atoms with Gasteiger partial charge in [0.1, 0.15) is 5.82 Å². The lowest BCUT2D eigenvalue weighted by Crippen LogP contribution is -2.43. The van der Waals surface area contributed by atoms with Crippen LogP contribution in [-0.2, 0) is 21.4 Å². The van der Waals surface area contributed by atoms with Gasteiger partial charge in [-0.1, -0.05) is 6.07 Å². The Morgan fingerprint density at radius 2 is 2.14 bits per heavy atom. The summed E-state index contributed by atoms with van der Waals surface area (Å²) in [5, 5.41) is 0. The summed E-state index contributed by atoms with van der Waals surface area (Å²) in [5.74, 6) is -0.392. The molecule has 1 saturated heterocycles. The lowest BCUT2D eigenvalue weighted by atomic mass is 9.95. The van der Waals surface area contributed by atoms with Crippen molar-refractivity contribution in [2.75, 3.05) is 12.8 Å². The van der Waals surface area contributed by atoms with Crippen LogP contribution in [0.15, 0.2) is 18.2 Å². The van der Waals surface area contributed by atoms with Crippen LogP contribution in [0, 0.1) is 12.7 Å². The van der Waals surface area contributed by atoms with Crippen LogP contribution in [0.25, 0.3) is 0 Å². The monoisotopic (exact) mass is 328 g/mol. The fourth-order valence-corrected chi connectivity index (χ4v) is 4.36. The van der Waals surface area contributed by atoms with E-state index in [1.807, 2.05) is 0 Å². The van der Waals surface area contributed by atoms with Crippen molar-refractivity contribution in [2.45, 2.75) is 38.8 Å². The zero-order valence-corrected chi connectivity index (χ0v) is 13.8. The van der Waals surface area contributed by atoms with Crippen LogP contribution in [0.3, 0.4) is 0 Å². The Bertz CT molecular complexity index is 690. The normalized spacial score (nSPS) is 23.5. The van der Waals surface area contributed by atoms with Crippen LogP contribution in [-0.4, -0.2) is 37.6 Å². The first-order valence-electron chi connectivity index (χ1n) is 7.11. The third-order valence-electron chi connectivity index (χ3n) is 4.00. The molecule has 0 radical (unpaired) electrons. The van der Waals surface area contributed by atoms with Crippen molar-refractivity contribution < 1.29 is 17.6 Å². The number of carbonyl (C=O) groups excluding carboxylic acids is 1. The zero-order valence-electron chi connectivity index (χ0n) is 13.0. The Hall–Kier alpha value is -1.47. The van der Waals surface area contributed by atoms with Gasteiger partial charge in [0.25, 0.3) is 0 Å². The molecule has 5 nitrogen and oxygen atoms in total. The van der Waals surface area contributed by atoms with Gasteiger partial charge in [-0.05, 0) is 43.5 Å². The average molecular weight is 328 g/mol. The molecule has 1 amide bonds. The summed E-state index contributed by atoms with van der Waals surface area (Å²) in [6.07, 6.45) is 0.535. The van der Waals surface area contributed by atoms with Gasteiger partial charge in [-0.15, -0.1) is 0 Å². The van der Waals surface area contributed by atoms with Crippen LogP contribution in [0.5, 0.6) is 0 Å². The smallest absolute Gasteiger partial charge is 0.224 e. The van der Waals surface area contributed by atoms with Gasteiger partial charge in [-0.25, -0.2) is 17.5 Å². The van der Waals surface area contributed by atoms with Gasteiger partial charge in [-0.2, -0.15) is 0 Å². The van der Waals surface area contributed by atoms with Gasteiger partial charge in [0.2, 0.25) is 15.9 Å². The van der Waals surface area contributed by atoms with Crippen LogP contribution < -0.4 is 4.72 Å². The van der Waals surface area contributed by atoms with Gasteiger partial charge in [-0.3, -0.25) is 4.79 Å². The minimum absolute atomic E-state index is 0.0531. The van der Waals surface area contributed by atoms with E-state index in [9.17, 15) is 17.6 Å². The molecule has 0 aromatic heterocycles. The van der Waals surface area contributed by atoms with E-state index in [0.29, 0.717) is 13.0 Å². The van der Waals surface area contributed by atoms with Crippen molar-refractivity contribution >= 4 is 15.9 Å². The lowest BCUT2D eigenvalue weighted by Gasteiger charge is -2.26. The number of nitrogens with one attached hydrogen (secondary N) is 1.